The SMILES string of the molecule is CCCC(C[C@H]1CCC2=C1[C@@H](C)c1cnn(-c3ccc(F)cc3)c1C2)NC(=O)c1cn(C)cn1. The van der Waals surface area contributed by atoms with Crippen LogP contribution in [0.3, 0.4) is 0 Å². The molecule has 6 nitrogen and oxygen atoms in total. The predicted octanol–water partition coefficient (Wildman–Crippen LogP) is 5.10. The Bertz CT molecular complexity index is 1220. The number of rotatable bonds is 7. The number of aryl methyl sites for hydroxylation is 1. The predicted molar refractivity (Wildman–Crippen MR) is 129 cm³/mol. The zero-order valence-corrected chi connectivity index (χ0v) is 20.1. The number of imidazole rings is 1. The molecule has 0 radical (unpaired) electrons. The zero-order chi connectivity index (χ0) is 23.8. The molecule has 7 heteroatoms. The summed E-state index contributed by atoms with van der Waals surface area (Å²) in [5, 5.41) is 7.92. The van der Waals surface area contributed by atoms with Crippen LogP contribution in [0, 0.1) is 11.7 Å². The van der Waals surface area contributed by atoms with Gasteiger partial charge in [0, 0.05) is 37.2 Å². The van der Waals surface area contributed by atoms with Crippen LogP contribution in [-0.4, -0.2) is 31.3 Å². The van der Waals surface area contributed by atoms with Gasteiger partial charge in [0.15, 0.2) is 0 Å². The first-order valence-corrected chi connectivity index (χ1v) is 12.3. The quantitative estimate of drug-likeness (QED) is 0.498. The molecule has 1 amide bonds. The van der Waals surface area contributed by atoms with Crippen molar-refractivity contribution in [2.24, 2.45) is 13.0 Å². The summed E-state index contributed by atoms with van der Waals surface area (Å²) in [5.41, 5.74) is 6.90. The molecule has 3 aromatic rings. The molecule has 178 valence electrons. The van der Waals surface area contributed by atoms with Crippen LogP contribution in [-0.2, 0) is 13.5 Å². The Morgan fingerprint density at radius 1 is 1.29 bits per heavy atom. The molecule has 0 saturated heterocycles. The molecule has 1 aromatic carbocycles. The van der Waals surface area contributed by atoms with E-state index in [1.165, 1.54) is 29.0 Å². The number of nitrogens with zero attached hydrogens (tertiary/aromatic N) is 4. The number of fused-ring (bicyclic) bond motifs is 1. The van der Waals surface area contributed by atoms with E-state index in [1.807, 2.05) is 17.9 Å². The molecule has 3 atom stereocenters. The fourth-order valence-electron chi connectivity index (χ4n) is 5.86. The molecule has 1 N–H and O–H groups in total. The molecule has 2 heterocycles. The summed E-state index contributed by atoms with van der Waals surface area (Å²) >= 11 is 0. The van der Waals surface area contributed by atoms with Gasteiger partial charge in [-0.25, -0.2) is 14.1 Å². The second-order valence-corrected chi connectivity index (χ2v) is 9.75. The van der Waals surface area contributed by atoms with Gasteiger partial charge in [-0.3, -0.25) is 4.79 Å². The van der Waals surface area contributed by atoms with Crippen LogP contribution in [0.15, 0.2) is 54.1 Å². The van der Waals surface area contributed by atoms with E-state index in [4.69, 9.17) is 0 Å². The minimum atomic E-state index is -0.237. The molecule has 5 rings (SSSR count). The third-order valence-electron chi connectivity index (χ3n) is 7.41. The maximum Gasteiger partial charge on any atom is 0.271 e. The molecule has 2 aromatic heterocycles. The Hall–Kier alpha value is -3.22. The van der Waals surface area contributed by atoms with Gasteiger partial charge in [-0.05, 0) is 55.9 Å². The van der Waals surface area contributed by atoms with Gasteiger partial charge in [0.05, 0.1) is 23.9 Å². The maximum absolute atomic E-state index is 13.4. The molecular formula is C27H32FN5O. The van der Waals surface area contributed by atoms with Crippen molar-refractivity contribution >= 4 is 5.91 Å². The van der Waals surface area contributed by atoms with Crippen molar-refractivity contribution in [3.63, 3.8) is 0 Å². The van der Waals surface area contributed by atoms with Crippen molar-refractivity contribution in [2.75, 3.05) is 0 Å². The number of hydrogen-bond acceptors (Lipinski definition) is 3. The highest BCUT2D eigenvalue weighted by atomic mass is 19.1. The van der Waals surface area contributed by atoms with Crippen molar-refractivity contribution in [2.45, 2.75) is 64.3 Å². The molecule has 0 spiro atoms. The van der Waals surface area contributed by atoms with Gasteiger partial charge in [0.25, 0.3) is 5.91 Å². The highest BCUT2D eigenvalue weighted by Crippen LogP contribution is 2.48. The summed E-state index contributed by atoms with van der Waals surface area (Å²) in [6.45, 7) is 4.45. The Balaban J connectivity index is 1.34. The van der Waals surface area contributed by atoms with E-state index >= 15 is 0 Å². The number of aromatic nitrogens is 4. The lowest BCUT2D eigenvalue weighted by Gasteiger charge is -2.29. The van der Waals surface area contributed by atoms with Gasteiger partial charge in [-0.2, -0.15) is 5.10 Å². The Labute approximate surface area is 199 Å². The fraction of sp³-hybridized carbons (Fsp3) is 0.444. The van der Waals surface area contributed by atoms with Crippen molar-refractivity contribution in [3.8, 4) is 5.69 Å². The Morgan fingerprint density at radius 2 is 2.09 bits per heavy atom. The number of allylic oxidation sites excluding steroid dienone is 2. The monoisotopic (exact) mass is 461 g/mol. The van der Waals surface area contributed by atoms with Crippen LogP contribution < -0.4 is 5.32 Å². The van der Waals surface area contributed by atoms with Crippen LogP contribution >= 0.6 is 0 Å². The number of amides is 1. The number of nitrogens with one attached hydrogen (secondary N) is 1. The van der Waals surface area contributed by atoms with Crippen LogP contribution in [0.25, 0.3) is 5.69 Å². The number of hydrogen-bond donors (Lipinski definition) is 1. The van der Waals surface area contributed by atoms with Crippen LogP contribution in [0.4, 0.5) is 4.39 Å². The molecule has 0 bridgehead atoms. The first-order valence-electron chi connectivity index (χ1n) is 12.3. The van der Waals surface area contributed by atoms with E-state index < -0.39 is 0 Å². The second-order valence-electron chi connectivity index (χ2n) is 9.75. The molecule has 0 aliphatic heterocycles. The van der Waals surface area contributed by atoms with Crippen LogP contribution in [0.1, 0.15) is 73.6 Å². The van der Waals surface area contributed by atoms with Gasteiger partial charge in [-0.15, -0.1) is 0 Å². The summed E-state index contributed by atoms with van der Waals surface area (Å²) in [6.07, 6.45) is 11.4. The highest BCUT2D eigenvalue weighted by molar-refractivity contribution is 5.92. The number of carbonyl (C=O) groups is 1. The van der Waals surface area contributed by atoms with Gasteiger partial charge in [0.1, 0.15) is 11.5 Å². The largest absolute Gasteiger partial charge is 0.348 e. The molecular weight excluding hydrogens is 429 g/mol. The van der Waals surface area contributed by atoms with Gasteiger partial charge in [0.2, 0.25) is 0 Å². The zero-order valence-electron chi connectivity index (χ0n) is 20.1. The van der Waals surface area contributed by atoms with E-state index in [-0.39, 0.29) is 17.8 Å². The third-order valence-corrected chi connectivity index (χ3v) is 7.41. The van der Waals surface area contributed by atoms with E-state index in [2.05, 4.69) is 29.2 Å². The van der Waals surface area contributed by atoms with Crippen molar-refractivity contribution in [1.82, 2.24) is 24.6 Å². The molecule has 2 aliphatic carbocycles. The smallest absolute Gasteiger partial charge is 0.271 e. The maximum atomic E-state index is 13.4. The minimum Gasteiger partial charge on any atom is -0.348 e. The third kappa shape index (κ3) is 4.19. The highest BCUT2D eigenvalue weighted by Gasteiger charge is 2.37. The van der Waals surface area contributed by atoms with Crippen LogP contribution in [0.5, 0.6) is 0 Å². The number of carbonyl (C=O) groups excluding carboxylic acids is 1. The average Bonchev–Trinajstić information content (AvgIpc) is 3.54. The van der Waals surface area contributed by atoms with Gasteiger partial charge >= 0.3 is 0 Å². The van der Waals surface area contributed by atoms with Crippen LogP contribution in [0.2, 0.25) is 0 Å². The van der Waals surface area contributed by atoms with E-state index in [1.54, 1.807) is 34.8 Å². The van der Waals surface area contributed by atoms with E-state index in [0.29, 0.717) is 17.5 Å². The normalized spacial score (nSPS) is 20.2. The standard InChI is InChI=1S/C27H32FN5O/c1-4-5-21(31-27(34)24-15-32(3)16-29-24)12-18-6-7-19-13-25-23(17(2)26(18)19)14-30-33(25)22-10-8-20(28)9-11-22/h8-11,14-18,21H,4-7,12-13H2,1-3H3,(H,31,34)/t17-,18+,21?/m0/s1. The van der Waals surface area contributed by atoms with Gasteiger partial charge in [-0.1, -0.05) is 31.4 Å². The van der Waals surface area contributed by atoms with Gasteiger partial charge < -0.3 is 9.88 Å². The molecule has 0 fully saturated rings. The summed E-state index contributed by atoms with van der Waals surface area (Å²) in [7, 11) is 1.87. The lowest BCUT2D eigenvalue weighted by molar-refractivity contribution is 0.0925. The van der Waals surface area contributed by atoms with Crippen molar-refractivity contribution in [1.29, 1.82) is 0 Å². The van der Waals surface area contributed by atoms with Crippen molar-refractivity contribution < 1.29 is 9.18 Å². The Kier molecular flexibility index (Phi) is 6.11. The first kappa shape index (κ1) is 22.6. The number of halogens is 1. The van der Waals surface area contributed by atoms with E-state index in [9.17, 15) is 9.18 Å². The van der Waals surface area contributed by atoms with Crippen molar-refractivity contribution in [3.05, 3.63) is 76.9 Å². The lowest BCUT2D eigenvalue weighted by Crippen LogP contribution is -2.36. The summed E-state index contributed by atoms with van der Waals surface area (Å²) in [6, 6.07) is 6.67. The summed E-state index contributed by atoms with van der Waals surface area (Å²) < 4.78 is 17.2. The topological polar surface area (TPSA) is 64.7 Å². The summed E-state index contributed by atoms with van der Waals surface area (Å²) in [4.78, 5) is 17.0. The molecule has 34 heavy (non-hydrogen) atoms. The molecule has 1 unspecified atom stereocenters. The fourth-order valence-corrected chi connectivity index (χ4v) is 5.86. The average molecular weight is 462 g/mol. The number of benzene rings is 1. The minimum absolute atomic E-state index is 0.0918. The lowest BCUT2D eigenvalue weighted by atomic mass is 9.78. The second kappa shape index (κ2) is 9.20. The summed E-state index contributed by atoms with van der Waals surface area (Å²) in [5.74, 6) is 0.437. The first-order chi connectivity index (χ1) is 16.4. The molecule has 0 saturated carbocycles. The van der Waals surface area contributed by atoms with E-state index in [0.717, 1.165) is 44.2 Å². The Morgan fingerprint density at radius 3 is 2.79 bits per heavy atom. The molecule has 2 aliphatic rings.